The van der Waals surface area contributed by atoms with Crippen LogP contribution in [0.5, 0.6) is 0 Å². The molecule has 0 saturated heterocycles. The molecule has 0 aliphatic rings. The number of thiophene rings is 1. The van der Waals surface area contributed by atoms with Gasteiger partial charge in [-0.15, -0.1) is 11.3 Å². The largest absolute Gasteiger partial charge is 0.396 e. The van der Waals surface area contributed by atoms with Crippen LogP contribution in [0, 0.1) is 6.92 Å². The van der Waals surface area contributed by atoms with E-state index in [0.717, 1.165) is 51.4 Å². The zero-order chi connectivity index (χ0) is 20.5. The first-order valence-electron chi connectivity index (χ1n) is 9.36. The summed E-state index contributed by atoms with van der Waals surface area (Å²) in [5, 5.41) is 0.832. The third kappa shape index (κ3) is 3.56. The summed E-state index contributed by atoms with van der Waals surface area (Å²) in [5.41, 5.74) is 10.5. The van der Waals surface area contributed by atoms with E-state index in [2.05, 4.69) is 21.9 Å². The van der Waals surface area contributed by atoms with Crippen LogP contribution in [0.1, 0.15) is 25.6 Å². The Morgan fingerprint density at radius 1 is 1.24 bits per heavy atom. The lowest BCUT2D eigenvalue weighted by Gasteiger charge is -2.09. The van der Waals surface area contributed by atoms with Gasteiger partial charge in [-0.25, -0.2) is 19.9 Å². The standard InChI is InChI=1S/C20H22N6OS2/c1-4-5-6-29(27)20-18(21)17-14(16-10-24-12(2)26(16)3)7-15(25-19(17)28-20)13-8-22-11-23-9-13/h7-11H,4-6,21H2,1-3H3/t29-/m1/s1. The van der Waals surface area contributed by atoms with E-state index in [-0.39, 0.29) is 0 Å². The van der Waals surface area contributed by atoms with E-state index in [1.807, 2.05) is 30.8 Å². The van der Waals surface area contributed by atoms with Crippen molar-refractivity contribution in [2.45, 2.75) is 30.9 Å². The number of fused-ring (bicyclic) bond motifs is 1. The van der Waals surface area contributed by atoms with Crippen LogP contribution in [-0.2, 0) is 17.8 Å². The minimum absolute atomic E-state index is 0.552. The first kappa shape index (κ1) is 19.7. The second-order valence-electron chi connectivity index (χ2n) is 6.82. The number of pyridine rings is 1. The van der Waals surface area contributed by atoms with Crippen molar-refractivity contribution in [3.05, 3.63) is 36.8 Å². The average molecular weight is 427 g/mol. The Labute approximate surface area is 175 Å². The third-order valence-corrected chi connectivity index (χ3v) is 7.90. The number of anilines is 1. The molecule has 0 unspecified atom stereocenters. The maximum atomic E-state index is 12.8. The van der Waals surface area contributed by atoms with Gasteiger partial charge in [-0.2, -0.15) is 0 Å². The summed E-state index contributed by atoms with van der Waals surface area (Å²) < 4.78 is 15.6. The van der Waals surface area contributed by atoms with Gasteiger partial charge in [0.2, 0.25) is 0 Å². The molecule has 0 amide bonds. The van der Waals surface area contributed by atoms with Gasteiger partial charge in [0.05, 0.1) is 34.1 Å². The summed E-state index contributed by atoms with van der Waals surface area (Å²) in [6.07, 6.45) is 8.68. The number of aromatic nitrogens is 5. The molecule has 0 aromatic carbocycles. The summed E-state index contributed by atoms with van der Waals surface area (Å²) >= 11 is 1.41. The number of nitrogens with zero attached hydrogens (tertiary/aromatic N) is 5. The molecule has 0 aliphatic heterocycles. The Balaban J connectivity index is 1.98. The van der Waals surface area contributed by atoms with E-state index in [1.54, 1.807) is 12.4 Å². The number of rotatable bonds is 6. The van der Waals surface area contributed by atoms with Crippen LogP contribution in [0.2, 0.25) is 0 Å². The van der Waals surface area contributed by atoms with Crippen LogP contribution in [0.4, 0.5) is 5.69 Å². The number of unbranched alkanes of at least 4 members (excludes halogenated alkanes) is 1. The first-order chi connectivity index (χ1) is 14.0. The monoisotopic (exact) mass is 426 g/mol. The fourth-order valence-corrected chi connectivity index (χ4v) is 5.97. The summed E-state index contributed by atoms with van der Waals surface area (Å²) in [7, 11) is 0.833. The van der Waals surface area contributed by atoms with Crippen molar-refractivity contribution in [1.29, 1.82) is 0 Å². The predicted molar refractivity (Wildman–Crippen MR) is 118 cm³/mol. The highest BCUT2D eigenvalue weighted by Crippen LogP contribution is 2.42. The minimum atomic E-state index is -1.14. The molecule has 1 atom stereocenters. The molecule has 4 aromatic rings. The number of hydrogen-bond donors (Lipinski definition) is 1. The summed E-state index contributed by atoms with van der Waals surface area (Å²) in [4.78, 5) is 18.2. The van der Waals surface area contributed by atoms with Crippen molar-refractivity contribution in [2.75, 3.05) is 11.5 Å². The molecule has 4 rings (SSSR count). The summed E-state index contributed by atoms with van der Waals surface area (Å²) in [5.74, 6) is 1.50. The molecular formula is C20H22N6OS2. The van der Waals surface area contributed by atoms with E-state index in [0.29, 0.717) is 15.6 Å². The van der Waals surface area contributed by atoms with Crippen molar-refractivity contribution in [1.82, 2.24) is 24.5 Å². The number of hydrogen-bond acceptors (Lipinski definition) is 7. The first-order valence-corrected chi connectivity index (χ1v) is 11.5. The number of imidazole rings is 1. The van der Waals surface area contributed by atoms with Crippen molar-refractivity contribution >= 4 is 38.0 Å². The topological polar surface area (TPSA) is 99.6 Å². The van der Waals surface area contributed by atoms with Gasteiger partial charge in [0, 0.05) is 41.7 Å². The molecule has 0 bridgehead atoms. The molecule has 4 aromatic heterocycles. The molecule has 150 valence electrons. The Morgan fingerprint density at radius 3 is 2.66 bits per heavy atom. The zero-order valence-corrected chi connectivity index (χ0v) is 18.2. The lowest BCUT2D eigenvalue weighted by molar-refractivity contribution is 0.681. The van der Waals surface area contributed by atoms with Crippen LogP contribution in [-0.4, -0.2) is 34.5 Å². The summed E-state index contributed by atoms with van der Waals surface area (Å²) in [6.45, 7) is 4.04. The molecule has 2 N–H and O–H groups in total. The lowest BCUT2D eigenvalue weighted by Crippen LogP contribution is -2.00. The third-order valence-electron chi connectivity index (χ3n) is 4.91. The highest BCUT2D eigenvalue weighted by Gasteiger charge is 2.22. The van der Waals surface area contributed by atoms with Gasteiger partial charge in [-0.05, 0) is 19.4 Å². The van der Waals surface area contributed by atoms with Gasteiger partial charge < -0.3 is 10.3 Å². The van der Waals surface area contributed by atoms with E-state index in [9.17, 15) is 4.21 Å². The lowest BCUT2D eigenvalue weighted by atomic mass is 10.1. The minimum Gasteiger partial charge on any atom is -0.396 e. The number of nitrogens with two attached hydrogens (primary N) is 1. The quantitative estimate of drug-likeness (QED) is 0.501. The molecule has 4 heterocycles. The summed E-state index contributed by atoms with van der Waals surface area (Å²) in [6, 6.07) is 1.99. The van der Waals surface area contributed by atoms with Crippen LogP contribution in [0.15, 0.2) is 35.2 Å². The van der Waals surface area contributed by atoms with Gasteiger partial charge in [0.25, 0.3) is 0 Å². The van der Waals surface area contributed by atoms with Gasteiger partial charge in [-0.1, -0.05) is 13.3 Å². The maximum absolute atomic E-state index is 12.8. The Morgan fingerprint density at radius 2 is 2.00 bits per heavy atom. The number of aryl methyl sites for hydroxylation is 1. The van der Waals surface area contributed by atoms with Crippen molar-refractivity contribution in [3.8, 4) is 22.5 Å². The average Bonchev–Trinajstić information content (AvgIpc) is 3.25. The Bertz CT molecular complexity index is 1200. The molecule has 0 aliphatic carbocycles. The Kier molecular flexibility index (Phi) is 5.42. The predicted octanol–water partition coefficient (Wildman–Crippen LogP) is 3.95. The highest BCUT2D eigenvalue weighted by atomic mass is 32.2. The van der Waals surface area contributed by atoms with Crippen molar-refractivity contribution in [2.24, 2.45) is 7.05 Å². The zero-order valence-electron chi connectivity index (χ0n) is 16.5. The van der Waals surface area contributed by atoms with Crippen LogP contribution >= 0.6 is 11.3 Å². The smallest absolute Gasteiger partial charge is 0.127 e. The molecular weight excluding hydrogens is 404 g/mol. The fourth-order valence-electron chi connectivity index (χ4n) is 3.17. The molecule has 29 heavy (non-hydrogen) atoms. The van der Waals surface area contributed by atoms with E-state index >= 15 is 0 Å². The molecule has 0 spiro atoms. The molecule has 0 radical (unpaired) electrons. The normalized spacial score (nSPS) is 12.5. The molecule has 0 saturated carbocycles. The highest BCUT2D eigenvalue weighted by molar-refractivity contribution is 7.87. The van der Waals surface area contributed by atoms with Gasteiger partial charge in [0.15, 0.2) is 0 Å². The van der Waals surface area contributed by atoms with E-state index in [1.165, 1.54) is 17.7 Å². The fraction of sp³-hybridized carbons (Fsp3) is 0.300. The maximum Gasteiger partial charge on any atom is 0.127 e. The van der Waals surface area contributed by atoms with Crippen LogP contribution < -0.4 is 5.73 Å². The second kappa shape index (κ2) is 8.00. The van der Waals surface area contributed by atoms with E-state index < -0.39 is 10.8 Å². The van der Waals surface area contributed by atoms with Crippen molar-refractivity contribution < 1.29 is 4.21 Å². The second-order valence-corrected chi connectivity index (χ2v) is 9.58. The van der Waals surface area contributed by atoms with Crippen LogP contribution in [0.25, 0.3) is 32.7 Å². The molecule has 7 nitrogen and oxygen atoms in total. The Hall–Kier alpha value is -2.65. The number of nitrogen functional groups attached to an aromatic ring is 1. The molecule has 9 heteroatoms. The van der Waals surface area contributed by atoms with E-state index in [4.69, 9.17) is 10.7 Å². The van der Waals surface area contributed by atoms with Gasteiger partial charge in [0.1, 0.15) is 21.2 Å². The van der Waals surface area contributed by atoms with Crippen LogP contribution in [0.3, 0.4) is 0 Å². The SMILES string of the molecule is CCCC[S@@](=O)c1sc2nc(-c3cncnc3)cc(-c3cnc(C)n3C)c2c1N. The van der Waals surface area contributed by atoms with Gasteiger partial charge >= 0.3 is 0 Å². The molecule has 0 fully saturated rings. The van der Waals surface area contributed by atoms with Gasteiger partial charge in [-0.3, -0.25) is 4.21 Å². The van der Waals surface area contributed by atoms with Crippen molar-refractivity contribution in [3.63, 3.8) is 0 Å².